The molecule has 1 aromatic rings. The van der Waals surface area contributed by atoms with Crippen LogP contribution in [0.4, 0.5) is 10.1 Å². The quantitative estimate of drug-likeness (QED) is 0.680. The molecular formula is C10H11BrFNO2. The van der Waals surface area contributed by atoms with Crippen molar-refractivity contribution in [2.45, 2.75) is 13.3 Å². The topological polar surface area (TPSA) is 52.3 Å². The minimum absolute atomic E-state index is 0.148. The molecule has 0 atom stereocenters. The number of carbonyl (C=O) groups is 1. The lowest BCUT2D eigenvalue weighted by Crippen LogP contribution is -2.11. The van der Waals surface area contributed by atoms with Crippen molar-refractivity contribution in [1.82, 2.24) is 0 Å². The molecule has 0 saturated carbocycles. The Kier molecular flexibility index (Phi) is 4.08. The Balaban J connectivity index is 2.93. The molecule has 0 aliphatic heterocycles. The molecule has 0 saturated heterocycles. The first-order chi connectivity index (χ1) is 7.06. The molecule has 0 heterocycles. The Morgan fingerprint density at radius 1 is 1.60 bits per heavy atom. The monoisotopic (exact) mass is 275 g/mol. The van der Waals surface area contributed by atoms with Crippen molar-refractivity contribution in [3.63, 3.8) is 0 Å². The molecule has 0 fully saturated rings. The molecule has 0 aromatic heterocycles. The number of nitrogen functional groups attached to an aromatic ring is 1. The van der Waals surface area contributed by atoms with Crippen molar-refractivity contribution in [2.75, 3.05) is 12.3 Å². The lowest BCUT2D eigenvalue weighted by Gasteiger charge is -2.08. The maximum absolute atomic E-state index is 13.3. The molecule has 0 aliphatic carbocycles. The maximum Gasteiger partial charge on any atom is 0.310 e. The van der Waals surface area contributed by atoms with Crippen LogP contribution in [0.1, 0.15) is 12.5 Å². The van der Waals surface area contributed by atoms with Gasteiger partial charge in [-0.15, -0.1) is 0 Å². The first-order valence-corrected chi connectivity index (χ1v) is 5.23. The van der Waals surface area contributed by atoms with Gasteiger partial charge in [-0.1, -0.05) is 0 Å². The van der Waals surface area contributed by atoms with Crippen LogP contribution in [0.15, 0.2) is 16.6 Å². The third-order valence-electron chi connectivity index (χ3n) is 1.87. The van der Waals surface area contributed by atoms with Gasteiger partial charge in [0, 0.05) is 10.0 Å². The molecule has 1 rings (SSSR count). The zero-order valence-corrected chi connectivity index (χ0v) is 9.80. The number of benzene rings is 1. The van der Waals surface area contributed by atoms with Crippen molar-refractivity contribution in [2.24, 2.45) is 0 Å². The molecule has 2 N–H and O–H groups in total. The summed E-state index contributed by atoms with van der Waals surface area (Å²) in [5.41, 5.74) is 6.04. The van der Waals surface area contributed by atoms with Gasteiger partial charge >= 0.3 is 5.97 Å². The summed E-state index contributed by atoms with van der Waals surface area (Å²) in [6.45, 7) is 1.97. The first kappa shape index (κ1) is 12.0. The molecule has 0 aliphatic rings. The van der Waals surface area contributed by atoms with Gasteiger partial charge in [0.2, 0.25) is 0 Å². The SMILES string of the molecule is CCOC(=O)Cc1c(F)ccc(Br)c1N. The van der Waals surface area contributed by atoms with E-state index in [9.17, 15) is 9.18 Å². The van der Waals surface area contributed by atoms with Crippen LogP contribution in [-0.2, 0) is 16.0 Å². The smallest absolute Gasteiger partial charge is 0.310 e. The van der Waals surface area contributed by atoms with E-state index in [-0.39, 0.29) is 24.3 Å². The van der Waals surface area contributed by atoms with E-state index in [2.05, 4.69) is 15.9 Å². The summed E-state index contributed by atoms with van der Waals surface area (Å²) in [7, 11) is 0. The van der Waals surface area contributed by atoms with Gasteiger partial charge in [0.25, 0.3) is 0 Å². The van der Waals surface area contributed by atoms with Crippen LogP contribution in [0.25, 0.3) is 0 Å². The molecule has 0 spiro atoms. The summed E-state index contributed by atoms with van der Waals surface area (Å²) in [5.74, 6) is -0.982. The number of hydrogen-bond donors (Lipinski definition) is 1. The van der Waals surface area contributed by atoms with Crippen LogP contribution in [0, 0.1) is 5.82 Å². The normalized spacial score (nSPS) is 10.1. The minimum Gasteiger partial charge on any atom is -0.466 e. The van der Waals surface area contributed by atoms with Crippen LogP contribution >= 0.6 is 15.9 Å². The number of esters is 1. The molecule has 0 amide bonds. The molecule has 0 unspecified atom stereocenters. The van der Waals surface area contributed by atoms with E-state index in [1.807, 2.05) is 0 Å². The van der Waals surface area contributed by atoms with Gasteiger partial charge < -0.3 is 10.5 Å². The van der Waals surface area contributed by atoms with Crippen molar-refractivity contribution in [3.8, 4) is 0 Å². The van der Waals surface area contributed by atoms with E-state index in [1.54, 1.807) is 6.92 Å². The largest absolute Gasteiger partial charge is 0.466 e. The zero-order valence-electron chi connectivity index (χ0n) is 8.22. The average Bonchev–Trinajstić information content (AvgIpc) is 2.19. The lowest BCUT2D eigenvalue weighted by atomic mass is 10.1. The summed E-state index contributed by atoms with van der Waals surface area (Å²) < 4.78 is 18.6. The van der Waals surface area contributed by atoms with Crippen LogP contribution in [0.3, 0.4) is 0 Å². The number of anilines is 1. The summed E-state index contributed by atoms with van der Waals surface area (Å²) >= 11 is 3.17. The zero-order chi connectivity index (χ0) is 11.4. The van der Waals surface area contributed by atoms with Crippen LogP contribution in [0.5, 0.6) is 0 Å². The summed E-state index contributed by atoms with van der Waals surface area (Å²) in [6.07, 6.45) is -0.148. The minimum atomic E-state index is -0.497. The van der Waals surface area contributed by atoms with Gasteiger partial charge in [-0.05, 0) is 35.0 Å². The highest BCUT2D eigenvalue weighted by atomic mass is 79.9. The summed E-state index contributed by atoms with van der Waals surface area (Å²) in [4.78, 5) is 11.2. The third kappa shape index (κ3) is 2.92. The highest BCUT2D eigenvalue weighted by molar-refractivity contribution is 9.10. The highest BCUT2D eigenvalue weighted by Crippen LogP contribution is 2.26. The van der Waals surface area contributed by atoms with Crippen molar-refractivity contribution in [3.05, 3.63) is 28.0 Å². The molecule has 0 bridgehead atoms. The predicted molar refractivity (Wildman–Crippen MR) is 58.8 cm³/mol. The Hall–Kier alpha value is -1.10. The standard InChI is InChI=1S/C10H11BrFNO2/c1-2-15-9(14)5-6-8(12)4-3-7(11)10(6)13/h3-4H,2,5,13H2,1H3. The number of halogens is 2. The summed E-state index contributed by atoms with van der Waals surface area (Å²) in [5, 5.41) is 0. The number of nitrogens with two attached hydrogens (primary N) is 1. The Labute approximate surface area is 95.5 Å². The van der Waals surface area contributed by atoms with E-state index in [0.717, 1.165) is 0 Å². The fourth-order valence-corrected chi connectivity index (χ4v) is 1.52. The van der Waals surface area contributed by atoms with Crippen molar-refractivity contribution in [1.29, 1.82) is 0 Å². The van der Waals surface area contributed by atoms with E-state index in [4.69, 9.17) is 10.5 Å². The van der Waals surface area contributed by atoms with Gasteiger partial charge in [-0.3, -0.25) is 4.79 Å². The van der Waals surface area contributed by atoms with Gasteiger partial charge in [-0.2, -0.15) is 0 Å². The molecule has 1 aromatic carbocycles. The maximum atomic E-state index is 13.3. The molecular weight excluding hydrogens is 265 g/mol. The number of ether oxygens (including phenoxy) is 1. The predicted octanol–water partition coefficient (Wildman–Crippen LogP) is 2.28. The average molecular weight is 276 g/mol. The van der Waals surface area contributed by atoms with Crippen LogP contribution in [-0.4, -0.2) is 12.6 Å². The van der Waals surface area contributed by atoms with E-state index in [1.165, 1.54) is 12.1 Å². The van der Waals surface area contributed by atoms with Gasteiger partial charge in [0.05, 0.1) is 18.7 Å². The second-order valence-corrected chi connectivity index (χ2v) is 3.76. The summed E-state index contributed by atoms with van der Waals surface area (Å²) in [6, 6.07) is 2.76. The van der Waals surface area contributed by atoms with Gasteiger partial charge in [-0.25, -0.2) is 4.39 Å². The lowest BCUT2D eigenvalue weighted by molar-refractivity contribution is -0.142. The van der Waals surface area contributed by atoms with Crippen LogP contribution in [0.2, 0.25) is 0 Å². The van der Waals surface area contributed by atoms with Gasteiger partial charge in [0.15, 0.2) is 0 Å². The molecule has 0 radical (unpaired) electrons. The number of hydrogen-bond acceptors (Lipinski definition) is 3. The Morgan fingerprint density at radius 2 is 2.27 bits per heavy atom. The second kappa shape index (κ2) is 5.11. The fraction of sp³-hybridized carbons (Fsp3) is 0.300. The molecule has 3 nitrogen and oxygen atoms in total. The molecule has 15 heavy (non-hydrogen) atoms. The number of rotatable bonds is 3. The highest BCUT2D eigenvalue weighted by Gasteiger charge is 2.14. The molecule has 5 heteroatoms. The van der Waals surface area contributed by atoms with Crippen LogP contribution < -0.4 is 5.73 Å². The van der Waals surface area contributed by atoms with E-state index >= 15 is 0 Å². The van der Waals surface area contributed by atoms with E-state index < -0.39 is 11.8 Å². The fourth-order valence-electron chi connectivity index (χ4n) is 1.15. The number of carbonyl (C=O) groups excluding carboxylic acids is 1. The Bertz CT molecular complexity index is 382. The van der Waals surface area contributed by atoms with Crippen molar-refractivity contribution >= 4 is 27.6 Å². The van der Waals surface area contributed by atoms with Gasteiger partial charge in [0.1, 0.15) is 5.82 Å². The molecule has 82 valence electrons. The first-order valence-electron chi connectivity index (χ1n) is 4.44. The Morgan fingerprint density at radius 3 is 2.87 bits per heavy atom. The third-order valence-corrected chi connectivity index (χ3v) is 2.56. The van der Waals surface area contributed by atoms with Crippen molar-refractivity contribution < 1.29 is 13.9 Å². The second-order valence-electron chi connectivity index (χ2n) is 2.90. The van der Waals surface area contributed by atoms with E-state index in [0.29, 0.717) is 4.47 Å².